The Morgan fingerprint density at radius 3 is 3.00 bits per heavy atom. The van der Waals surface area contributed by atoms with Crippen LogP contribution in [0.4, 0.5) is 5.69 Å². The molecule has 24 heavy (non-hydrogen) atoms. The van der Waals surface area contributed by atoms with Gasteiger partial charge in [0, 0.05) is 37.1 Å². The van der Waals surface area contributed by atoms with Crippen molar-refractivity contribution in [3.63, 3.8) is 0 Å². The lowest BCUT2D eigenvalue weighted by Crippen LogP contribution is -2.39. The van der Waals surface area contributed by atoms with Crippen molar-refractivity contribution in [2.75, 3.05) is 43.2 Å². The maximum absolute atomic E-state index is 12.2. The first kappa shape index (κ1) is 21.4. The number of benzene rings is 1. The van der Waals surface area contributed by atoms with Crippen molar-refractivity contribution in [1.82, 2.24) is 5.32 Å². The summed E-state index contributed by atoms with van der Waals surface area (Å²) in [4.78, 5) is 12.2. The van der Waals surface area contributed by atoms with Gasteiger partial charge in [-0.15, -0.1) is 12.4 Å². The second kappa shape index (κ2) is 11.8. The Hall–Kier alpha value is -0.660. The van der Waals surface area contributed by atoms with E-state index in [1.807, 2.05) is 18.7 Å². The highest BCUT2D eigenvalue weighted by molar-refractivity contribution is 7.99. The minimum Gasteiger partial charge on any atom is -0.487 e. The summed E-state index contributed by atoms with van der Waals surface area (Å²) in [5.41, 5.74) is 0.600. The van der Waals surface area contributed by atoms with Crippen LogP contribution in [0.15, 0.2) is 18.2 Å². The van der Waals surface area contributed by atoms with Crippen LogP contribution in [-0.4, -0.2) is 49.8 Å². The second-order valence-electron chi connectivity index (χ2n) is 5.14. The molecule has 2 N–H and O–H groups in total. The SMILES string of the molecule is CCOCCOc1c(Cl)cccc1NC(=O)CC1CSCCN1.Cl. The van der Waals surface area contributed by atoms with Gasteiger partial charge in [0.2, 0.25) is 5.91 Å². The smallest absolute Gasteiger partial charge is 0.226 e. The van der Waals surface area contributed by atoms with E-state index in [2.05, 4.69) is 10.6 Å². The van der Waals surface area contributed by atoms with Crippen molar-refractivity contribution in [2.45, 2.75) is 19.4 Å². The Kier molecular flexibility index (Phi) is 10.5. The summed E-state index contributed by atoms with van der Waals surface area (Å²) < 4.78 is 10.9. The number of carbonyl (C=O) groups is 1. The van der Waals surface area contributed by atoms with Gasteiger partial charge in [0.1, 0.15) is 6.61 Å². The van der Waals surface area contributed by atoms with Crippen molar-refractivity contribution in [3.05, 3.63) is 23.2 Å². The topological polar surface area (TPSA) is 59.6 Å². The number of amides is 1. The van der Waals surface area contributed by atoms with Gasteiger partial charge in [0.15, 0.2) is 5.75 Å². The maximum atomic E-state index is 12.2. The third-order valence-corrected chi connectivity index (χ3v) is 4.78. The Morgan fingerprint density at radius 1 is 1.46 bits per heavy atom. The van der Waals surface area contributed by atoms with Gasteiger partial charge in [-0.3, -0.25) is 4.79 Å². The highest BCUT2D eigenvalue weighted by atomic mass is 35.5. The quantitative estimate of drug-likeness (QED) is 0.662. The molecule has 2 rings (SSSR count). The van der Waals surface area contributed by atoms with Crippen LogP contribution in [0.1, 0.15) is 13.3 Å². The summed E-state index contributed by atoms with van der Waals surface area (Å²) in [6.45, 7) is 4.39. The number of para-hydroxylation sites is 1. The Morgan fingerprint density at radius 2 is 2.29 bits per heavy atom. The molecule has 1 aromatic rings. The van der Waals surface area contributed by atoms with E-state index < -0.39 is 0 Å². The highest BCUT2D eigenvalue weighted by Gasteiger charge is 2.18. The molecule has 0 bridgehead atoms. The van der Waals surface area contributed by atoms with Gasteiger partial charge in [0.25, 0.3) is 0 Å². The number of nitrogens with one attached hydrogen (secondary N) is 2. The summed E-state index contributed by atoms with van der Waals surface area (Å²) in [7, 11) is 0. The molecule has 1 aromatic carbocycles. The zero-order chi connectivity index (χ0) is 16.5. The van der Waals surface area contributed by atoms with Gasteiger partial charge in [-0.2, -0.15) is 11.8 Å². The standard InChI is InChI=1S/C16H23ClN2O3S.ClH/c1-2-21-7-8-22-16-13(17)4-3-5-14(16)19-15(20)10-12-11-23-9-6-18-12;/h3-5,12,18H,2,6-11H2,1H3,(H,19,20);1H. The van der Waals surface area contributed by atoms with Crippen LogP contribution in [0.3, 0.4) is 0 Å². The molecule has 0 aromatic heterocycles. The summed E-state index contributed by atoms with van der Waals surface area (Å²) in [5.74, 6) is 2.51. The number of carbonyl (C=O) groups excluding carboxylic acids is 1. The molecule has 0 saturated carbocycles. The molecule has 1 fully saturated rings. The predicted molar refractivity (Wildman–Crippen MR) is 103 cm³/mol. The lowest BCUT2D eigenvalue weighted by Gasteiger charge is -2.22. The van der Waals surface area contributed by atoms with Crippen molar-refractivity contribution in [3.8, 4) is 5.75 Å². The van der Waals surface area contributed by atoms with Gasteiger partial charge < -0.3 is 20.1 Å². The molecule has 1 amide bonds. The van der Waals surface area contributed by atoms with Gasteiger partial charge >= 0.3 is 0 Å². The van der Waals surface area contributed by atoms with E-state index in [0.29, 0.717) is 42.7 Å². The molecule has 1 aliphatic heterocycles. The number of hydrogen-bond donors (Lipinski definition) is 2. The molecule has 5 nitrogen and oxygen atoms in total. The van der Waals surface area contributed by atoms with E-state index in [4.69, 9.17) is 21.1 Å². The van der Waals surface area contributed by atoms with E-state index in [1.54, 1.807) is 18.2 Å². The molecule has 8 heteroatoms. The largest absolute Gasteiger partial charge is 0.487 e. The van der Waals surface area contributed by atoms with Gasteiger partial charge in [-0.1, -0.05) is 17.7 Å². The van der Waals surface area contributed by atoms with Gasteiger partial charge in [-0.05, 0) is 19.1 Å². The average molecular weight is 395 g/mol. The second-order valence-corrected chi connectivity index (χ2v) is 6.70. The monoisotopic (exact) mass is 394 g/mol. The third kappa shape index (κ3) is 7.07. The summed E-state index contributed by atoms with van der Waals surface area (Å²) in [6.07, 6.45) is 0.442. The zero-order valence-electron chi connectivity index (χ0n) is 13.7. The summed E-state index contributed by atoms with van der Waals surface area (Å²) in [5, 5.41) is 6.73. The van der Waals surface area contributed by atoms with Gasteiger partial charge in [0.05, 0.1) is 17.3 Å². The minimum atomic E-state index is -0.0399. The molecular weight excluding hydrogens is 371 g/mol. The van der Waals surface area contributed by atoms with Crippen LogP contribution in [0.25, 0.3) is 0 Å². The first-order chi connectivity index (χ1) is 11.2. The van der Waals surface area contributed by atoms with E-state index in [9.17, 15) is 4.79 Å². The third-order valence-electron chi connectivity index (χ3n) is 3.35. The predicted octanol–water partition coefficient (Wildman–Crippen LogP) is 3.21. The number of rotatable bonds is 8. The Balaban J connectivity index is 0.00000288. The molecule has 1 heterocycles. The molecule has 1 atom stereocenters. The van der Waals surface area contributed by atoms with E-state index in [0.717, 1.165) is 18.1 Å². The minimum absolute atomic E-state index is 0. The first-order valence-corrected chi connectivity index (χ1v) is 9.34. The van der Waals surface area contributed by atoms with E-state index in [1.165, 1.54) is 0 Å². The van der Waals surface area contributed by atoms with Crippen LogP contribution in [-0.2, 0) is 9.53 Å². The fourth-order valence-electron chi connectivity index (χ4n) is 2.28. The van der Waals surface area contributed by atoms with Crippen molar-refractivity contribution < 1.29 is 14.3 Å². The fraction of sp³-hybridized carbons (Fsp3) is 0.562. The lowest BCUT2D eigenvalue weighted by atomic mass is 10.2. The number of ether oxygens (including phenoxy) is 2. The van der Waals surface area contributed by atoms with Crippen LogP contribution < -0.4 is 15.4 Å². The van der Waals surface area contributed by atoms with E-state index in [-0.39, 0.29) is 24.4 Å². The molecule has 0 aliphatic carbocycles. The molecule has 0 radical (unpaired) electrons. The lowest BCUT2D eigenvalue weighted by molar-refractivity contribution is -0.116. The molecule has 1 aliphatic rings. The van der Waals surface area contributed by atoms with Crippen LogP contribution >= 0.6 is 35.8 Å². The number of anilines is 1. The number of thioether (sulfide) groups is 1. The van der Waals surface area contributed by atoms with Crippen LogP contribution in [0, 0.1) is 0 Å². The first-order valence-electron chi connectivity index (χ1n) is 7.80. The average Bonchev–Trinajstić information content (AvgIpc) is 2.54. The van der Waals surface area contributed by atoms with Crippen LogP contribution in [0.2, 0.25) is 5.02 Å². The Bertz CT molecular complexity index is 514. The summed E-state index contributed by atoms with van der Waals surface area (Å²) >= 11 is 8.06. The molecule has 1 unspecified atom stereocenters. The normalized spacial score (nSPS) is 17.0. The summed E-state index contributed by atoms with van der Waals surface area (Å²) in [6, 6.07) is 5.55. The van der Waals surface area contributed by atoms with E-state index >= 15 is 0 Å². The highest BCUT2D eigenvalue weighted by Crippen LogP contribution is 2.33. The fourth-order valence-corrected chi connectivity index (χ4v) is 3.45. The van der Waals surface area contributed by atoms with Crippen molar-refractivity contribution in [1.29, 1.82) is 0 Å². The van der Waals surface area contributed by atoms with Gasteiger partial charge in [-0.25, -0.2) is 0 Å². The maximum Gasteiger partial charge on any atom is 0.226 e. The molecule has 1 saturated heterocycles. The number of hydrogen-bond acceptors (Lipinski definition) is 5. The zero-order valence-corrected chi connectivity index (χ0v) is 16.1. The Labute approximate surface area is 158 Å². The van der Waals surface area contributed by atoms with Crippen LogP contribution in [0.5, 0.6) is 5.75 Å². The molecular formula is C16H24Cl2N2O3S. The molecule has 0 spiro atoms. The number of halogens is 2. The molecule has 136 valence electrons. The van der Waals surface area contributed by atoms with Crippen molar-refractivity contribution in [2.24, 2.45) is 0 Å². The van der Waals surface area contributed by atoms with Crippen molar-refractivity contribution >= 4 is 47.4 Å².